The summed E-state index contributed by atoms with van der Waals surface area (Å²) in [5.74, 6) is 0.951. The molecule has 1 aromatic carbocycles. The fraction of sp³-hybridized carbons (Fsp3) is 0.562. The Balaban J connectivity index is 2.35. The van der Waals surface area contributed by atoms with Gasteiger partial charge < -0.3 is 9.47 Å². The zero-order valence-electron chi connectivity index (χ0n) is 12.1. The summed E-state index contributed by atoms with van der Waals surface area (Å²) in [4.78, 5) is 11.4. The second kappa shape index (κ2) is 8.57. The summed E-state index contributed by atoms with van der Waals surface area (Å²) in [6.45, 7) is 6.88. The number of ether oxygens (including phenoxy) is 2. The van der Waals surface area contributed by atoms with Crippen LogP contribution in [0.1, 0.15) is 51.5 Å². The van der Waals surface area contributed by atoms with Gasteiger partial charge in [-0.05, 0) is 36.5 Å². The van der Waals surface area contributed by atoms with E-state index in [1.54, 1.807) is 0 Å². The lowest BCUT2D eigenvalue weighted by Gasteiger charge is -2.10. The summed E-state index contributed by atoms with van der Waals surface area (Å²) >= 11 is 0. The Hall–Kier alpha value is -1.51. The molecule has 0 aliphatic carbocycles. The van der Waals surface area contributed by atoms with Gasteiger partial charge in [0.05, 0.1) is 6.61 Å². The number of unbranched alkanes of at least 4 members (excludes halogenated alkanes) is 1. The predicted molar refractivity (Wildman–Crippen MR) is 76.5 cm³/mol. The van der Waals surface area contributed by atoms with E-state index in [4.69, 9.17) is 9.47 Å². The molecule has 1 aromatic rings. The molecule has 0 saturated carbocycles. The molecule has 1 rings (SSSR count). The Labute approximate surface area is 115 Å². The molecule has 0 aliphatic heterocycles. The highest BCUT2D eigenvalue weighted by atomic mass is 16.6. The number of hydrogen-bond donors (Lipinski definition) is 0. The van der Waals surface area contributed by atoms with E-state index in [0.29, 0.717) is 18.3 Å². The summed E-state index contributed by atoms with van der Waals surface area (Å²) in [6.07, 6.45) is 3.03. The largest absolute Gasteiger partial charge is 0.482 e. The smallest absolute Gasteiger partial charge is 0.344 e. The van der Waals surface area contributed by atoms with Gasteiger partial charge in [0.15, 0.2) is 6.61 Å². The average molecular weight is 264 g/mol. The van der Waals surface area contributed by atoms with Crippen molar-refractivity contribution in [2.75, 3.05) is 13.2 Å². The summed E-state index contributed by atoms with van der Waals surface area (Å²) in [5.41, 5.74) is 1.29. The Kier molecular flexibility index (Phi) is 7.01. The lowest BCUT2D eigenvalue weighted by molar-refractivity contribution is -0.146. The maximum absolute atomic E-state index is 11.4. The lowest BCUT2D eigenvalue weighted by atomic mass is 9.99. The third kappa shape index (κ3) is 5.77. The fourth-order valence-electron chi connectivity index (χ4n) is 1.64. The third-order valence-corrected chi connectivity index (χ3v) is 3.18. The molecule has 0 amide bonds. The molecule has 0 heterocycles. The van der Waals surface area contributed by atoms with Crippen molar-refractivity contribution in [3.8, 4) is 5.75 Å². The van der Waals surface area contributed by atoms with Gasteiger partial charge >= 0.3 is 5.97 Å². The lowest BCUT2D eigenvalue weighted by Crippen LogP contribution is -2.15. The molecule has 3 heteroatoms. The molecule has 0 radical (unpaired) electrons. The molecule has 0 spiro atoms. The van der Waals surface area contributed by atoms with Gasteiger partial charge in [0.1, 0.15) is 5.75 Å². The molecule has 0 aliphatic rings. The minimum atomic E-state index is -0.306. The van der Waals surface area contributed by atoms with Crippen LogP contribution in [-0.4, -0.2) is 19.2 Å². The summed E-state index contributed by atoms with van der Waals surface area (Å²) < 4.78 is 10.4. The molecular weight excluding hydrogens is 240 g/mol. The summed E-state index contributed by atoms with van der Waals surface area (Å²) in [5, 5.41) is 0. The second-order valence-corrected chi connectivity index (χ2v) is 4.74. The second-order valence-electron chi connectivity index (χ2n) is 4.74. The van der Waals surface area contributed by atoms with Gasteiger partial charge in [-0.3, -0.25) is 0 Å². The van der Waals surface area contributed by atoms with E-state index >= 15 is 0 Å². The van der Waals surface area contributed by atoms with Crippen LogP contribution in [0.4, 0.5) is 0 Å². The number of hydrogen-bond acceptors (Lipinski definition) is 3. The Morgan fingerprint density at radius 2 is 1.89 bits per heavy atom. The molecular formula is C16H24O3. The van der Waals surface area contributed by atoms with Crippen molar-refractivity contribution < 1.29 is 14.3 Å². The fourth-order valence-corrected chi connectivity index (χ4v) is 1.64. The van der Waals surface area contributed by atoms with Gasteiger partial charge in [-0.2, -0.15) is 0 Å². The molecule has 19 heavy (non-hydrogen) atoms. The number of carbonyl (C=O) groups is 1. The van der Waals surface area contributed by atoms with Crippen LogP contribution in [-0.2, 0) is 9.53 Å². The van der Waals surface area contributed by atoms with Crippen molar-refractivity contribution in [1.82, 2.24) is 0 Å². The van der Waals surface area contributed by atoms with Crippen LogP contribution in [0.2, 0.25) is 0 Å². The van der Waals surface area contributed by atoms with Crippen LogP contribution in [0.5, 0.6) is 5.75 Å². The molecule has 3 nitrogen and oxygen atoms in total. The van der Waals surface area contributed by atoms with E-state index < -0.39 is 0 Å². The van der Waals surface area contributed by atoms with Gasteiger partial charge in [-0.1, -0.05) is 39.3 Å². The van der Waals surface area contributed by atoms with E-state index in [0.717, 1.165) is 19.3 Å². The minimum absolute atomic E-state index is 0.0214. The van der Waals surface area contributed by atoms with E-state index in [1.165, 1.54) is 5.56 Å². The summed E-state index contributed by atoms with van der Waals surface area (Å²) in [7, 11) is 0. The number of rotatable bonds is 8. The van der Waals surface area contributed by atoms with Crippen LogP contribution in [0.3, 0.4) is 0 Å². The molecule has 0 saturated heterocycles. The highest BCUT2D eigenvalue weighted by Gasteiger charge is 2.05. The van der Waals surface area contributed by atoms with Crippen LogP contribution in [0.15, 0.2) is 24.3 Å². The minimum Gasteiger partial charge on any atom is -0.482 e. The van der Waals surface area contributed by atoms with Crippen LogP contribution in [0, 0.1) is 0 Å². The Morgan fingerprint density at radius 1 is 1.21 bits per heavy atom. The topological polar surface area (TPSA) is 35.5 Å². The monoisotopic (exact) mass is 264 g/mol. The van der Waals surface area contributed by atoms with Crippen molar-refractivity contribution >= 4 is 5.97 Å². The zero-order chi connectivity index (χ0) is 14.1. The van der Waals surface area contributed by atoms with E-state index in [9.17, 15) is 4.79 Å². The van der Waals surface area contributed by atoms with Crippen molar-refractivity contribution in [2.45, 2.75) is 46.0 Å². The van der Waals surface area contributed by atoms with Crippen molar-refractivity contribution in [3.05, 3.63) is 29.8 Å². The molecule has 0 fully saturated rings. The predicted octanol–water partition coefficient (Wildman–Crippen LogP) is 3.92. The Bertz CT molecular complexity index is 370. The maximum Gasteiger partial charge on any atom is 0.344 e. The van der Waals surface area contributed by atoms with Crippen LogP contribution < -0.4 is 4.74 Å². The van der Waals surface area contributed by atoms with Crippen molar-refractivity contribution in [3.63, 3.8) is 0 Å². The maximum atomic E-state index is 11.4. The van der Waals surface area contributed by atoms with E-state index in [1.807, 2.05) is 24.3 Å². The molecule has 106 valence electrons. The van der Waals surface area contributed by atoms with Crippen LogP contribution >= 0.6 is 0 Å². The van der Waals surface area contributed by atoms with Crippen molar-refractivity contribution in [1.29, 1.82) is 0 Å². The van der Waals surface area contributed by atoms with Gasteiger partial charge in [-0.25, -0.2) is 4.79 Å². The molecule has 0 aromatic heterocycles. The SMILES string of the molecule is CCCCOC(=O)COc1ccc(C(C)CC)cc1. The van der Waals surface area contributed by atoms with Crippen molar-refractivity contribution in [2.24, 2.45) is 0 Å². The first-order chi connectivity index (χ1) is 9.17. The summed E-state index contributed by atoms with van der Waals surface area (Å²) in [6, 6.07) is 7.90. The van der Waals surface area contributed by atoms with Crippen LogP contribution in [0.25, 0.3) is 0 Å². The quantitative estimate of drug-likeness (QED) is 0.527. The first kappa shape index (κ1) is 15.5. The standard InChI is InChI=1S/C16H24O3/c1-4-6-11-18-16(17)12-19-15-9-7-14(8-10-15)13(3)5-2/h7-10,13H,4-6,11-12H2,1-3H3. The van der Waals surface area contributed by atoms with Gasteiger partial charge in [0.2, 0.25) is 0 Å². The normalized spacial score (nSPS) is 11.9. The molecule has 0 bridgehead atoms. The number of carbonyl (C=O) groups excluding carboxylic acids is 1. The first-order valence-electron chi connectivity index (χ1n) is 7.05. The highest BCUT2D eigenvalue weighted by Crippen LogP contribution is 2.21. The van der Waals surface area contributed by atoms with E-state index in [2.05, 4.69) is 20.8 Å². The molecule has 1 unspecified atom stereocenters. The van der Waals surface area contributed by atoms with E-state index in [-0.39, 0.29) is 12.6 Å². The molecule has 1 atom stereocenters. The van der Waals surface area contributed by atoms with Gasteiger partial charge in [-0.15, -0.1) is 0 Å². The highest BCUT2D eigenvalue weighted by molar-refractivity contribution is 5.71. The Morgan fingerprint density at radius 3 is 2.47 bits per heavy atom. The average Bonchev–Trinajstić information content (AvgIpc) is 2.45. The number of benzene rings is 1. The van der Waals surface area contributed by atoms with Gasteiger partial charge in [0.25, 0.3) is 0 Å². The van der Waals surface area contributed by atoms with Gasteiger partial charge in [0, 0.05) is 0 Å². The third-order valence-electron chi connectivity index (χ3n) is 3.18. The zero-order valence-corrected chi connectivity index (χ0v) is 12.1. The molecule has 0 N–H and O–H groups in total. The first-order valence-corrected chi connectivity index (χ1v) is 7.05. The number of esters is 1.